The molecule has 0 aliphatic rings. The van der Waals surface area contributed by atoms with Crippen LogP contribution in [0.2, 0.25) is 0 Å². The van der Waals surface area contributed by atoms with Gasteiger partial charge in [0, 0.05) is 13.0 Å². The molecule has 1 unspecified atom stereocenters. The number of aryl methyl sites for hydroxylation is 1. The van der Waals surface area contributed by atoms with Crippen LogP contribution < -0.4 is 10.8 Å². The van der Waals surface area contributed by atoms with Crippen LogP contribution in [-0.4, -0.2) is 37.6 Å². The number of halogens is 2. The first-order chi connectivity index (χ1) is 17.2. The van der Waals surface area contributed by atoms with Crippen LogP contribution in [0.15, 0.2) is 48.7 Å². The van der Waals surface area contributed by atoms with Gasteiger partial charge in [-0.05, 0) is 41.8 Å². The highest BCUT2D eigenvalue weighted by Gasteiger charge is 2.24. The van der Waals surface area contributed by atoms with Gasteiger partial charge in [-0.1, -0.05) is 31.5 Å². The van der Waals surface area contributed by atoms with E-state index in [9.17, 15) is 23.2 Å². The lowest BCUT2D eigenvalue weighted by Crippen LogP contribution is -2.34. The minimum atomic E-state index is -1.15. The SMILES string of the molecule is CCCCc1ncc(C(=O)NC(CC(=O)NO)c2ccc(F)c(F)c2)n1Cc1ccc(C(=O)O)cc1. The van der Waals surface area contributed by atoms with Gasteiger partial charge in [0.25, 0.3) is 5.91 Å². The molecule has 2 aromatic carbocycles. The predicted octanol–water partition coefficient (Wildman–Crippen LogP) is 3.62. The van der Waals surface area contributed by atoms with Gasteiger partial charge in [-0.3, -0.25) is 14.8 Å². The van der Waals surface area contributed by atoms with Gasteiger partial charge in [0.05, 0.1) is 24.2 Å². The maximum absolute atomic E-state index is 13.8. The largest absolute Gasteiger partial charge is 0.478 e. The number of unbranched alkanes of at least 4 members (excludes halogenated alkanes) is 1. The first-order valence-corrected chi connectivity index (χ1v) is 11.3. The number of carbonyl (C=O) groups excluding carboxylic acids is 2. The fourth-order valence-electron chi connectivity index (χ4n) is 3.69. The van der Waals surface area contributed by atoms with Gasteiger partial charge < -0.3 is 15.0 Å². The molecule has 0 saturated heterocycles. The van der Waals surface area contributed by atoms with Crippen LogP contribution >= 0.6 is 0 Å². The number of nitrogens with zero attached hydrogens (tertiary/aromatic N) is 2. The number of imidazole rings is 1. The van der Waals surface area contributed by atoms with Crippen LogP contribution in [0.5, 0.6) is 0 Å². The van der Waals surface area contributed by atoms with Crippen molar-refractivity contribution in [2.75, 3.05) is 0 Å². The van der Waals surface area contributed by atoms with Crippen molar-refractivity contribution in [3.8, 4) is 0 Å². The predicted molar refractivity (Wildman–Crippen MR) is 124 cm³/mol. The molecule has 0 aliphatic carbocycles. The third-order valence-electron chi connectivity index (χ3n) is 5.63. The van der Waals surface area contributed by atoms with Gasteiger partial charge in [-0.25, -0.2) is 24.0 Å². The van der Waals surface area contributed by atoms with Crippen molar-refractivity contribution in [2.45, 2.75) is 45.2 Å². The second kappa shape index (κ2) is 12.0. The number of hydrogen-bond donors (Lipinski definition) is 4. The fraction of sp³-hybridized carbons (Fsp3) is 0.280. The molecular weight excluding hydrogens is 474 g/mol. The number of carboxylic acid groups (broad SMARTS) is 1. The number of aromatic nitrogens is 2. The zero-order valence-corrected chi connectivity index (χ0v) is 19.5. The minimum absolute atomic E-state index is 0.130. The number of carbonyl (C=O) groups is 3. The number of hydrogen-bond acceptors (Lipinski definition) is 5. The van der Waals surface area contributed by atoms with Gasteiger partial charge >= 0.3 is 5.97 Å². The quantitative estimate of drug-likeness (QED) is 0.235. The number of benzene rings is 2. The van der Waals surface area contributed by atoms with Crippen LogP contribution in [0.4, 0.5) is 8.78 Å². The van der Waals surface area contributed by atoms with Crippen LogP contribution in [0, 0.1) is 11.6 Å². The maximum atomic E-state index is 13.8. The monoisotopic (exact) mass is 500 g/mol. The van der Waals surface area contributed by atoms with E-state index in [0.717, 1.165) is 30.5 Å². The highest BCUT2D eigenvalue weighted by molar-refractivity contribution is 5.93. The molecule has 9 nitrogen and oxygen atoms in total. The highest BCUT2D eigenvalue weighted by atomic mass is 19.2. The molecule has 3 rings (SSSR count). The molecular formula is C25H26F2N4O5. The number of carboxylic acids is 1. The Morgan fingerprint density at radius 1 is 1.08 bits per heavy atom. The Hall–Kier alpha value is -4.12. The first-order valence-electron chi connectivity index (χ1n) is 11.3. The molecule has 0 aliphatic heterocycles. The summed E-state index contributed by atoms with van der Waals surface area (Å²) >= 11 is 0. The third-order valence-corrected chi connectivity index (χ3v) is 5.63. The van der Waals surface area contributed by atoms with E-state index < -0.39 is 41.9 Å². The highest BCUT2D eigenvalue weighted by Crippen LogP contribution is 2.21. The Balaban J connectivity index is 1.92. The van der Waals surface area contributed by atoms with Crippen LogP contribution in [-0.2, 0) is 17.8 Å². The molecule has 0 bridgehead atoms. The van der Waals surface area contributed by atoms with E-state index in [4.69, 9.17) is 10.3 Å². The Bertz CT molecular complexity index is 1240. The Morgan fingerprint density at radius 3 is 2.42 bits per heavy atom. The van der Waals surface area contributed by atoms with E-state index in [1.807, 2.05) is 6.92 Å². The molecule has 3 aromatic rings. The molecule has 2 amide bonds. The summed E-state index contributed by atoms with van der Waals surface area (Å²) in [6.07, 6.45) is 3.28. The number of rotatable bonds is 11. The summed E-state index contributed by atoms with van der Waals surface area (Å²) in [7, 11) is 0. The molecule has 11 heteroatoms. The maximum Gasteiger partial charge on any atom is 0.335 e. The van der Waals surface area contributed by atoms with Crippen molar-refractivity contribution in [1.82, 2.24) is 20.3 Å². The molecule has 0 fully saturated rings. The number of nitrogens with one attached hydrogen (secondary N) is 2. The summed E-state index contributed by atoms with van der Waals surface area (Å²) in [6, 6.07) is 8.14. The van der Waals surface area contributed by atoms with Gasteiger partial charge in [0.15, 0.2) is 11.6 Å². The molecule has 36 heavy (non-hydrogen) atoms. The van der Waals surface area contributed by atoms with E-state index in [2.05, 4.69) is 10.3 Å². The standard InChI is InChI=1S/C25H26F2N4O5/c1-2-3-4-22-28-13-21(31(22)14-15-5-7-16(8-6-15)25(34)35)24(33)29-20(12-23(32)30-36)17-9-10-18(26)19(27)11-17/h5-11,13,20,36H,2-4,12,14H2,1H3,(H,29,33)(H,30,32)(H,34,35). The van der Waals surface area contributed by atoms with Crippen LogP contribution in [0.25, 0.3) is 0 Å². The van der Waals surface area contributed by atoms with Gasteiger partial charge in [-0.2, -0.15) is 0 Å². The average molecular weight is 501 g/mol. The normalized spacial score (nSPS) is 11.7. The summed E-state index contributed by atoms with van der Waals surface area (Å²) in [6.45, 7) is 2.25. The molecule has 190 valence electrons. The van der Waals surface area contributed by atoms with Crippen LogP contribution in [0.3, 0.4) is 0 Å². The van der Waals surface area contributed by atoms with E-state index in [1.165, 1.54) is 29.9 Å². The van der Waals surface area contributed by atoms with Crippen molar-refractivity contribution < 1.29 is 33.5 Å². The van der Waals surface area contributed by atoms with Crippen molar-refractivity contribution in [3.05, 3.63) is 88.5 Å². The molecule has 0 saturated carbocycles. The Labute approximate surface area is 205 Å². The second-order valence-electron chi connectivity index (χ2n) is 8.19. The van der Waals surface area contributed by atoms with Crippen molar-refractivity contribution in [3.63, 3.8) is 0 Å². The summed E-state index contributed by atoms with van der Waals surface area (Å²) in [5, 5.41) is 20.7. The zero-order valence-electron chi connectivity index (χ0n) is 19.5. The van der Waals surface area contributed by atoms with Crippen molar-refractivity contribution in [1.29, 1.82) is 0 Å². The Morgan fingerprint density at radius 2 is 1.81 bits per heavy atom. The lowest BCUT2D eigenvalue weighted by molar-refractivity contribution is -0.129. The third kappa shape index (κ3) is 6.51. The molecule has 0 spiro atoms. The second-order valence-corrected chi connectivity index (χ2v) is 8.19. The smallest absolute Gasteiger partial charge is 0.335 e. The van der Waals surface area contributed by atoms with Gasteiger partial charge in [-0.15, -0.1) is 0 Å². The molecule has 1 heterocycles. The van der Waals surface area contributed by atoms with Gasteiger partial charge in [0.1, 0.15) is 11.5 Å². The number of amides is 2. The number of aromatic carboxylic acids is 1. The molecule has 1 atom stereocenters. The fourth-order valence-corrected chi connectivity index (χ4v) is 3.69. The Kier molecular flexibility index (Phi) is 8.85. The van der Waals surface area contributed by atoms with E-state index in [0.29, 0.717) is 12.2 Å². The van der Waals surface area contributed by atoms with E-state index in [-0.39, 0.29) is 23.4 Å². The minimum Gasteiger partial charge on any atom is -0.478 e. The van der Waals surface area contributed by atoms with E-state index >= 15 is 0 Å². The molecule has 4 N–H and O–H groups in total. The zero-order chi connectivity index (χ0) is 26.2. The summed E-state index contributed by atoms with van der Waals surface area (Å²) in [5.74, 6) is -4.09. The first kappa shape index (κ1) is 26.5. The lowest BCUT2D eigenvalue weighted by atomic mass is 10.0. The van der Waals surface area contributed by atoms with Crippen LogP contribution in [0.1, 0.15) is 70.0 Å². The van der Waals surface area contributed by atoms with E-state index in [1.54, 1.807) is 16.7 Å². The summed E-state index contributed by atoms with van der Waals surface area (Å²) in [4.78, 5) is 40.6. The molecule has 1 aromatic heterocycles. The van der Waals surface area contributed by atoms with Crippen molar-refractivity contribution >= 4 is 17.8 Å². The van der Waals surface area contributed by atoms with Crippen molar-refractivity contribution in [2.24, 2.45) is 0 Å². The number of hydroxylamine groups is 1. The average Bonchev–Trinajstić information content (AvgIpc) is 3.26. The van der Waals surface area contributed by atoms with Gasteiger partial charge in [0.2, 0.25) is 5.91 Å². The lowest BCUT2D eigenvalue weighted by Gasteiger charge is -2.19. The molecule has 0 radical (unpaired) electrons. The topological polar surface area (TPSA) is 134 Å². The summed E-state index contributed by atoms with van der Waals surface area (Å²) < 4.78 is 29.0. The summed E-state index contributed by atoms with van der Waals surface area (Å²) in [5.41, 5.74) is 2.64.